The first-order valence-electron chi connectivity index (χ1n) is 16.6. The standard InChI is InChI=1S/C46H29NO2/c1-3-12-30(13-4-1)31-22-24-33(25-23-31)47(42-20-11-19-38-36-17-9-10-21-43(36)49-46(38)42)34-26-27-44-40(28-34)41-29-39(32-14-5-2-6-15-32)35-16-7-8-18-37(35)45(41)48-44/h1-29H. The summed E-state index contributed by atoms with van der Waals surface area (Å²) in [6.07, 6.45) is 0. The smallest absolute Gasteiger partial charge is 0.159 e. The van der Waals surface area contributed by atoms with Crippen LogP contribution in [-0.2, 0) is 0 Å². The van der Waals surface area contributed by atoms with Gasteiger partial charge in [0.1, 0.15) is 16.7 Å². The lowest BCUT2D eigenvalue weighted by Gasteiger charge is -2.26. The van der Waals surface area contributed by atoms with Crippen molar-refractivity contribution in [1.29, 1.82) is 0 Å². The van der Waals surface area contributed by atoms with Gasteiger partial charge in [-0.1, -0.05) is 127 Å². The number of para-hydroxylation sites is 2. The third kappa shape index (κ3) is 4.44. The molecule has 0 unspecified atom stereocenters. The maximum atomic E-state index is 6.64. The van der Waals surface area contributed by atoms with Crippen LogP contribution in [0.1, 0.15) is 0 Å². The van der Waals surface area contributed by atoms with Crippen molar-refractivity contribution in [3.63, 3.8) is 0 Å². The zero-order chi connectivity index (χ0) is 32.3. The minimum atomic E-state index is 0.852. The van der Waals surface area contributed by atoms with E-state index in [1.165, 1.54) is 27.6 Å². The summed E-state index contributed by atoms with van der Waals surface area (Å²) < 4.78 is 13.2. The van der Waals surface area contributed by atoms with Crippen LogP contribution < -0.4 is 4.90 Å². The Bertz CT molecular complexity index is 2810. The summed E-state index contributed by atoms with van der Waals surface area (Å²) in [5.41, 5.74) is 11.3. The van der Waals surface area contributed by atoms with Gasteiger partial charge in [0.25, 0.3) is 0 Å². The number of nitrogens with zero attached hydrogens (tertiary/aromatic N) is 1. The summed E-state index contributed by atoms with van der Waals surface area (Å²) in [5.74, 6) is 0. The molecule has 0 aliphatic rings. The van der Waals surface area contributed by atoms with E-state index in [0.717, 1.165) is 66.3 Å². The highest BCUT2D eigenvalue weighted by Gasteiger charge is 2.21. The molecule has 8 aromatic carbocycles. The van der Waals surface area contributed by atoms with Crippen LogP contribution in [0.5, 0.6) is 0 Å². The Kier molecular flexibility index (Phi) is 6.18. The highest BCUT2D eigenvalue weighted by atomic mass is 16.3. The topological polar surface area (TPSA) is 29.5 Å². The Morgan fingerprint density at radius 3 is 1.69 bits per heavy atom. The lowest BCUT2D eigenvalue weighted by molar-refractivity contribution is 0.669. The molecule has 2 aromatic heterocycles. The van der Waals surface area contributed by atoms with E-state index in [-0.39, 0.29) is 0 Å². The molecule has 2 heterocycles. The fraction of sp³-hybridized carbons (Fsp3) is 0. The summed E-state index contributed by atoms with van der Waals surface area (Å²) in [4.78, 5) is 2.30. The number of hydrogen-bond acceptors (Lipinski definition) is 3. The second-order valence-corrected chi connectivity index (χ2v) is 12.5. The molecular formula is C46H29NO2. The Morgan fingerprint density at radius 2 is 0.898 bits per heavy atom. The van der Waals surface area contributed by atoms with Crippen molar-refractivity contribution in [3.8, 4) is 22.3 Å². The average Bonchev–Trinajstić information content (AvgIpc) is 3.74. The molecule has 0 aliphatic heterocycles. The first kappa shape index (κ1) is 27.5. The van der Waals surface area contributed by atoms with Crippen molar-refractivity contribution in [2.24, 2.45) is 0 Å². The first-order valence-corrected chi connectivity index (χ1v) is 16.6. The number of benzene rings is 8. The van der Waals surface area contributed by atoms with Crippen LogP contribution in [0.25, 0.3) is 76.9 Å². The molecule has 230 valence electrons. The van der Waals surface area contributed by atoms with E-state index in [4.69, 9.17) is 8.83 Å². The lowest BCUT2D eigenvalue weighted by Crippen LogP contribution is -2.10. The molecule has 3 nitrogen and oxygen atoms in total. The zero-order valence-corrected chi connectivity index (χ0v) is 26.5. The highest BCUT2D eigenvalue weighted by Crippen LogP contribution is 2.45. The normalized spacial score (nSPS) is 11.7. The Hall–Kier alpha value is -6.58. The largest absolute Gasteiger partial charge is 0.455 e. The van der Waals surface area contributed by atoms with Gasteiger partial charge in [0.2, 0.25) is 0 Å². The molecule has 0 N–H and O–H groups in total. The van der Waals surface area contributed by atoms with Crippen molar-refractivity contribution in [3.05, 3.63) is 176 Å². The molecule has 0 amide bonds. The van der Waals surface area contributed by atoms with Crippen LogP contribution in [0.15, 0.2) is 185 Å². The maximum absolute atomic E-state index is 6.64. The minimum absolute atomic E-state index is 0.852. The Morgan fingerprint density at radius 1 is 0.327 bits per heavy atom. The monoisotopic (exact) mass is 627 g/mol. The Labute approximate surface area is 282 Å². The molecule has 0 spiro atoms. The van der Waals surface area contributed by atoms with Gasteiger partial charge in [0.05, 0.1) is 5.69 Å². The van der Waals surface area contributed by atoms with Crippen LogP contribution in [0.2, 0.25) is 0 Å². The molecular weight excluding hydrogens is 599 g/mol. The van der Waals surface area contributed by atoms with Crippen LogP contribution in [0.4, 0.5) is 17.1 Å². The van der Waals surface area contributed by atoms with Gasteiger partial charge in [-0.2, -0.15) is 0 Å². The second kappa shape index (κ2) is 11.0. The second-order valence-electron chi connectivity index (χ2n) is 12.5. The van der Waals surface area contributed by atoms with E-state index in [2.05, 4.69) is 169 Å². The van der Waals surface area contributed by atoms with Gasteiger partial charge in [0.15, 0.2) is 5.58 Å². The van der Waals surface area contributed by atoms with E-state index in [9.17, 15) is 0 Å². The third-order valence-corrected chi connectivity index (χ3v) is 9.66. The van der Waals surface area contributed by atoms with E-state index >= 15 is 0 Å². The van der Waals surface area contributed by atoms with Crippen molar-refractivity contribution >= 4 is 71.7 Å². The van der Waals surface area contributed by atoms with Gasteiger partial charge in [-0.05, 0) is 76.2 Å². The summed E-state index contributed by atoms with van der Waals surface area (Å²) in [7, 11) is 0. The molecule has 0 radical (unpaired) electrons. The van der Waals surface area contributed by atoms with Gasteiger partial charge in [-0.15, -0.1) is 0 Å². The zero-order valence-electron chi connectivity index (χ0n) is 26.5. The molecule has 0 aliphatic carbocycles. The van der Waals surface area contributed by atoms with Crippen LogP contribution in [0.3, 0.4) is 0 Å². The number of furan rings is 2. The van der Waals surface area contributed by atoms with Crippen molar-refractivity contribution in [2.75, 3.05) is 4.90 Å². The molecule has 0 saturated carbocycles. The maximum Gasteiger partial charge on any atom is 0.159 e. The quantitative estimate of drug-likeness (QED) is 0.190. The average molecular weight is 628 g/mol. The van der Waals surface area contributed by atoms with Gasteiger partial charge in [-0.25, -0.2) is 0 Å². The molecule has 49 heavy (non-hydrogen) atoms. The fourth-order valence-corrected chi connectivity index (χ4v) is 7.35. The third-order valence-electron chi connectivity index (χ3n) is 9.66. The van der Waals surface area contributed by atoms with Gasteiger partial charge in [0, 0.05) is 38.3 Å². The molecule has 0 saturated heterocycles. The molecule has 10 aromatic rings. The van der Waals surface area contributed by atoms with E-state index in [0.29, 0.717) is 0 Å². The first-order chi connectivity index (χ1) is 24.3. The van der Waals surface area contributed by atoms with Crippen molar-refractivity contribution < 1.29 is 8.83 Å². The highest BCUT2D eigenvalue weighted by molar-refractivity contribution is 6.20. The molecule has 3 heteroatoms. The number of fused-ring (bicyclic) bond motifs is 8. The fourth-order valence-electron chi connectivity index (χ4n) is 7.35. The molecule has 0 fully saturated rings. The summed E-state index contributed by atoms with van der Waals surface area (Å²) in [6, 6.07) is 61.9. The van der Waals surface area contributed by atoms with Crippen LogP contribution >= 0.6 is 0 Å². The van der Waals surface area contributed by atoms with E-state index in [1.807, 2.05) is 12.1 Å². The number of anilines is 3. The SMILES string of the molecule is c1ccc(-c2ccc(N(c3ccc4oc5c6ccccc6c(-c6ccccc6)cc5c4c3)c3cccc4c3oc3ccccc34)cc2)cc1. The predicted octanol–water partition coefficient (Wildman–Crippen LogP) is 13.4. The van der Waals surface area contributed by atoms with Crippen molar-refractivity contribution in [1.82, 2.24) is 0 Å². The number of rotatable bonds is 5. The van der Waals surface area contributed by atoms with Gasteiger partial charge < -0.3 is 13.7 Å². The van der Waals surface area contributed by atoms with Crippen molar-refractivity contribution in [2.45, 2.75) is 0 Å². The summed E-state index contributed by atoms with van der Waals surface area (Å²) >= 11 is 0. The molecule has 0 atom stereocenters. The molecule has 10 rings (SSSR count). The summed E-state index contributed by atoms with van der Waals surface area (Å²) in [6.45, 7) is 0. The summed E-state index contributed by atoms with van der Waals surface area (Å²) in [5, 5.41) is 6.64. The van der Waals surface area contributed by atoms with E-state index < -0.39 is 0 Å². The minimum Gasteiger partial charge on any atom is -0.455 e. The number of hydrogen-bond donors (Lipinski definition) is 0. The molecule has 0 bridgehead atoms. The van der Waals surface area contributed by atoms with Crippen LogP contribution in [0, 0.1) is 0 Å². The van der Waals surface area contributed by atoms with Crippen LogP contribution in [-0.4, -0.2) is 0 Å². The predicted molar refractivity (Wildman–Crippen MR) is 204 cm³/mol. The van der Waals surface area contributed by atoms with Gasteiger partial charge >= 0.3 is 0 Å². The Balaban J connectivity index is 1.22. The lowest BCUT2D eigenvalue weighted by atomic mass is 9.95. The van der Waals surface area contributed by atoms with E-state index in [1.54, 1.807) is 0 Å². The van der Waals surface area contributed by atoms with Gasteiger partial charge in [-0.3, -0.25) is 0 Å².